The van der Waals surface area contributed by atoms with Gasteiger partial charge < -0.3 is 10.2 Å². The van der Waals surface area contributed by atoms with Gasteiger partial charge in [-0.25, -0.2) is 0 Å². The van der Waals surface area contributed by atoms with Crippen molar-refractivity contribution < 1.29 is 28.2 Å². The van der Waals surface area contributed by atoms with Crippen LogP contribution in [0.25, 0.3) is 0 Å². The maximum Gasteiger partial charge on any atom is 0.415 e. The van der Waals surface area contributed by atoms with Crippen molar-refractivity contribution in [3.8, 4) is 0 Å². The van der Waals surface area contributed by atoms with Crippen LogP contribution in [0, 0.1) is 0 Å². The van der Waals surface area contributed by atoms with E-state index in [0.29, 0.717) is 5.75 Å². The van der Waals surface area contributed by atoms with E-state index in [1.54, 1.807) is 0 Å². The molecule has 8 heteroatoms. The molecule has 1 aliphatic rings. The van der Waals surface area contributed by atoms with Gasteiger partial charge in [-0.15, -0.1) is 0 Å². The van der Waals surface area contributed by atoms with E-state index in [-0.39, 0.29) is 12.3 Å². The molecule has 1 saturated heterocycles. The Hall–Kier alpha value is -0.470. The van der Waals surface area contributed by atoms with Gasteiger partial charge in [0.05, 0.1) is 0 Å². The van der Waals surface area contributed by atoms with Crippen molar-refractivity contribution >= 4 is 17.7 Å². The Morgan fingerprint density at radius 2 is 2.19 bits per heavy atom. The van der Waals surface area contributed by atoms with E-state index in [2.05, 4.69) is 0 Å². The number of halogens is 3. The minimum absolute atomic E-state index is 0.245. The number of β-amino-alcohol motifs (C(OH)–C–C–N with tert-alkyl or cyclic N) is 1. The van der Waals surface area contributed by atoms with E-state index in [1.807, 2.05) is 0 Å². The molecule has 4 nitrogen and oxygen atoms in total. The third kappa shape index (κ3) is 3.53. The minimum Gasteiger partial charge on any atom is -0.480 e. The van der Waals surface area contributed by atoms with Gasteiger partial charge in [-0.3, -0.25) is 9.69 Å². The predicted molar refractivity (Wildman–Crippen MR) is 52.4 cm³/mol. The van der Waals surface area contributed by atoms with Gasteiger partial charge in [0.2, 0.25) is 0 Å². The van der Waals surface area contributed by atoms with Crippen LogP contribution >= 0.6 is 11.8 Å². The summed E-state index contributed by atoms with van der Waals surface area (Å²) in [4.78, 5) is 11.9. The molecule has 16 heavy (non-hydrogen) atoms. The smallest absolute Gasteiger partial charge is 0.415 e. The molecular weight excluding hydrogens is 247 g/mol. The molecule has 1 rings (SSSR count). The van der Waals surface area contributed by atoms with Gasteiger partial charge in [0.15, 0.2) is 6.10 Å². The molecular formula is C8H12F3NO3S. The van der Waals surface area contributed by atoms with Gasteiger partial charge in [0.25, 0.3) is 0 Å². The summed E-state index contributed by atoms with van der Waals surface area (Å²) in [6.07, 6.45) is -7.19. The number of carbonyl (C=O) groups is 1. The van der Waals surface area contributed by atoms with Crippen LogP contribution in [0.1, 0.15) is 0 Å². The highest BCUT2D eigenvalue weighted by Gasteiger charge is 2.41. The van der Waals surface area contributed by atoms with Crippen molar-refractivity contribution in [2.75, 3.05) is 24.6 Å². The lowest BCUT2D eigenvalue weighted by Gasteiger charge is -2.34. The van der Waals surface area contributed by atoms with Crippen molar-refractivity contribution in [1.82, 2.24) is 4.90 Å². The summed E-state index contributed by atoms with van der Waals surface area (Å²) in [7, 11) is 0. The largest absolute Gasteiger partial charge is 0.480 e. The average Bonchev–Trinajstić information content (AvgIpc) is 2.16. The number of aliphatic carboxylic acids is 1. The monoisotopic (exact) mass is 259 g/mol. The van der Waals surface area contributed by atoms with Crippen LogP contribution in [0.3, 0.4) is 0 Å². The van der Waals surface area contributed by atoms with Gasteiger partial charge in [-0.1, -0.05) is 0 Å². The molecule has 0 aromatic heterocycles. The highest BCUT2D eigenvalue weighted by molar-refractivity contribution is 7.99. The Balaban J connectivity index is 2.59. The lowest BCUT2D eigenvalue weighted by Crippen LogP contribution is -2.52. The van der Waals surface area contributed by atoms with E-state index in [1.165, 1.54) is 11.8 Å². The van der Waals surface area contributed by atoms with Crippen LogP contribution < -0.4 is 0 Å². The molecule has 0 aromatic carbocycles. The number of aliphatic hydroxyl groups excluding tert-OH is 1. The van der Waals surface area contributed by atoms with Crippen molar-refractivity contribution in [2.24, 2.45) is 0 Å². The van der Waals surface area contributed by atoms with Crippen LogP contribution in [-0.2, 0) is 4.79 Å². The molecule has 2 N–H and O–H groups in total. The molecule has 94 valence electrons. The molecule has 0 amide bonds. The molecule has 2 unspecified atom stereocenters. The van der Waals surface area contributed by atoms with E-state index in [9.17, 15) is 18.0 Å². The van der Waals surface area contributed by atoms with Gasteiger partial charge in [-0.2, -0.15) is 24.9 Å². The molecule has 0 aromatic rings. The minimum atomic E-state index is -4.70. The first-order valence-corrected chi connectivity index (χ1v) is 5.77. The Morgan fingerprint density at radius 3 is 2.69 bits per heavy atom. The molecule has 0 saturated carbocycles. The number of nitrogens with zero attached hydrogens (tertiary/aromatic N) is 1. The topological polar surface area (TPSA) is 60.8 Å². The van der Waals surface area contributed by atoms with E-state index in [4.69, 9.17) is 10.2 Å². The standard InChI is InChI=1S/C8H12F3NO3S/c9-8(10,11)6(13)3-12-1-2-16-4-5(12)7(14)15/h5-6,13H,1-4H2,(H,14,15). The summed E-state index contributed by atoms with van der Waals surface area (Å²) >= 11 is 1.38. The van der Waals surface area contributed by atoms with E-state index in [0.717, 1.165) is 4.90 Å². The van der Waals surface area contributed by atoms with E-state index < -0.39 is 30.8 Å². The Bertz CT molecular complexity index is 261. The highest BCUT2D eigenvalue weighted by Crippen LogP contribution is 2.23. The first kappa shape index (κ1) is 13.6. The van der Waals surface area contributed by atoms with Gasteiger partial charge in [-0.05, 0) is 0 Å². The SMILES string of the molecule is O=C(O)C1CSCCN1CC(O)C(F)(F)F. The fourth-order valence-corrected chi connectivity index (χ4v) is 2.52. The van der Waals surface area contributed by atoms with Gasteiger partial charge >= 0.3 is 12.1 Å². The van der Waals surface area contributed by atoms with Crippen LogP contribution in [0.5, 0.6) is 0 Å². The number of alkyl halides is 3. The van der Waals surface area contributed by atoms with Gasteiger partial charge in [0.1, 0.15) is 6.04 Å². The zero-order valence-corrected chi connectivity index (χ0v) is 9.09. The van der Waals surface area contributed by atoms with Crippen molar-refractivity contribution in [1.29, 1.82) is 0 Å². The summed E-state index contributed by atoms with van der Waals surface area (Å²) in [6.45, 7) is -0.435. The fraction of sp³-hybridized carbons (Fsp3) is 0.875. The fourth-order valence-electron chi connectivity index (χ4n) is 1.41. The van der Waals surface area contributed by atoms with Crippen LogP contribution in [0.4, 0.5) is 13.2 Å². The quantitative estimate of drug-likeness (QED) is 0.769. The predicted octanol–water partition coefficient (Wildman–Crippen LogP) is 0.412. The summed E-state index contributed by atoms with van der Waals surface area (Å²) in [5.41, 5.74) is 0. The first-order valence-electron chi connectivity index (χ1n) is 4.61. The Morgan fingerprint density at radius 1 is 1.56 bits per heavy atom. The number of hydrogen-bond donors (Lipinski definition) is 2. The Kier molecular flexibility index (Phi) is 4.45. The zero-order chi connectivity index (χ0) is 12.3. The lowest BCUT2D eigenvalue weighted by molar-refractivity contribution is -0.209. The Labute approximate surface area is 94.4 Å². The maximum atomic E-state index is 12.1. The summed E-state index contributed by atoms with van der Waals surface area (Å²) in [5.74, 6) is -0.324. The van der Waals surface area contributed by atoms with Crippen molar-refractivity contribution in [3.63, 3.8) is 0 Å². The maximum absolute atomic E-state index is 12.1. The van der Waals surface area contributed by atoms with Crippen LogP contribution in [0.2, 0.25) is 0 Å². The second kappa shape index (κ2) is 5.24. The number of thioether (sulfide) groups is 1. The third-order valence-corrected chi connectivity index (χ3v) is 3.33. The lowest BCUT2D eigenvalue weighted by atomic mass is 10.2. The molecule has 1 heterocycles. The number of aliphatic hydroxyl groups is 1. The van der Waals surface area contributed by atoms with E-state index >= 15 is 0 Å². The average molecular weight is 259 g/mol. The van der Waals surface area contributed by atoms with Crippen LogP contribution in [-0.4, -0.2) is 64.0 Å². The molecule has 2 atom stereocenters. The summed E-state index contributed by atoms with van der Waals surface area (Å²) in [6, 6.07) is -0.948. The first-order chi connectivity index (χ1) is 7.32. The molecule has 1 fully saturated rings. The van der Waals surface area contributed by atoms with Gasteiger partial charge in [0, 0.05) is 24.6 Å². The number of rotatable bonds is 3. The number of carboxylic acid groups (broad SMARTS) is 1. The third-order valence-electron chi connectivity index (χ3n) is 2.31. The number of carboxylic acids is 1. The summed E-state index contributed by atoms with van der Waals surface area (Å²) < 4.78 is 36.3. The number of hydrogen-bond acceptors (Lipinski definition) is 4. The molecule has 0 bridgehead atoms. The zero-order valence-electron chi connectivity index (χ0n) is 8.28. The highest BCUT2D eigenvalue weighted by atomic mass is 32.2. The summed E-state index contributed by atoms with van der Waals surface area (Å²) in [5, 5.41) is 17.7. The molecule has 0 radical (unpaired) electrons. The van der Waals surface area contributed by atoms with Crippen LogP contribution in [0.15, 0.2) is 0 Å². The second-order valence-electron chi connectivity index (χ2n) is 3.48. The molecule has 0 spiro atoms. The second-order valence-corrected chi connectivity index (χ2v) is 4.63. The van der Waals surface area contributed by atoms with Crippen molar-refractivity contribution in [2.45, 2.75) is 18.3 Å². The molecule has 1 aliphatic heterocycles. The molecule has 0 aliphatic carbocycles. The van der Waals surface area contributed by atoms with Crippen molar-refractivity contribution in [3.05, 3.63) is 0 Å². The normalized spacial score (nSPS) is 25.4.